The Bertz CT molecular complexity index is 1350. The van der Waals surface area contributed by atoms with Gasteiger partial charge in [0.25, 0.3) is 0 Å². The van der Waals surface area contributed by atoms with Gasteiger partial charge in [-0.25, -0.2) is 13.1 Å². The highest BCUT2D eigenvalue weighted by Gasteiger charge is 2.38. The van der Waals surface area contributed by atoms with Gasteiger partial charge in [-0.1, -0.05) is 48.0 Å². The monoisotopic (exact) mass is 618 g/mol. The Labute approximate surface area is 252 Å². The molecule has 2 aliphatic rings. The highest BCUT2D eigenvalue weighted by molar-refractivity contribution is 7.88. The highest BCUT2D eigenvalue weighted by Crippen LogP contribution is 2.22. The van der Waals surface area contributed by atoms with E-state index in [1.54, 1.807) is 47.4 Å². The van der Waals surface area contributed by atoms with Crippen LogP contribution < -0.4 is 21.1 Å². The molecule has 0 spiro atoms. The van der Waals surface area contributed by atoms with Crippen molar-refractivity contribution in [3.05, 3.63) is 70.2 Å². The van der Waals surface area contributed by atoms with Crippen LogP contribution in [0.5, 0.6) is 0 Å². The maximum absolute atomic E-state index is 13.8. The maximum atomic E-state index is 13.8. The predicted molar refractivity (Wildman–Crippen MR) is 161 cm³/mol. The number of nitrogens with one attached hydrogen (secondary N) is 3. The third kappa shape index (κ3) is 8.74. The first-order chi connectivity index (χ1) is 20.2. The molecular formula is C29H39ClN6O5S. The van der Waals surface area contributed by atoms with Gasteiger partial charge in [0, 0.05) is 57.3 Å². The van der Waals surface area contributed by atoms with Gasteiger partial charge in [0.15, 0.2) is 0 Å². The van der Waals surface area contributed by atoms with E-state index in [0.717, 1.165) is 11.1 Å². The van der Waals surface area contributed by atoms with Crippen LogP contribution in [-0.4, -0.2) is 80.7 Å². The molecular weight excluding hydrogens is 580 g/mol. The summed E-state index contributed by atoms with van der Waals surface area (Å²) >= 11 is 6.13. The van der Waals surface area contributed by atoms with E-state index in [9.17, 15) is 22.8 Å². The molecule has 2 atom stereocenters. The largest absolute Gasteiger partial charge is 0.350 e. The smallest absolute Gasteiger partial charge is 0.243 e. The number of rotatable bonds is 12. The zero-order chi connectivity index (χ0) is 30.1. The molecule has 0 aromatic heterocycles. The minimum absolute atomic E-state index is 0.00555. The number of sulfonamides is 1. The van der Waals surface area contributed by atoms with Crippen LogP contribution in [-0.2, 0) is 43.2 Å². The van der Waals surface area contributed by atoms with Crippen LogP contribution in [0.2, 0.25) is 5.02 Å². The van der Waals surface area contributed by atoms with E-state index < -0.39 is 28.0 Å². The predicted octanol–water partition coefficient (Wildman–Crippen LogP) is 1.11. The first kappa shape index (κ1) is 31.9. The number of benzene rings is 2. The molecule has 3 amide bonds. The number of piperazine rings is 1. The van der Waals surface area contributed by atoms with Crippen molar-refractivity contribution in [1.29, 1.82) is 0 Å². The summed E-state index contributed by atoms with van der Waals surface area (Å²) in [5.41, 5.74) is 8.03. The van der Waals surface area contributed by atoms with Crippen molar-refractivity contribution in [3.8, 4) is 0 Å². The SMILES string of the molecule is NCc1ccc(Cl)cc1CNC(=O)[C@@H]1CCCN1C(=O)[C@@H](CCC(=O)N1CCNCC1)NS(=O)(=O)Cc1ccccc1. The van der Waals surface area contributed by atoms with E-state index in [1.807, 2.05) is 6.07 Å². The van der Waals surface area contributed by atoms with Crippen molar-refractivity contribution >= 4 is 39.3 Å². The Morgan fingerprint density at radius 3 is 2.50 bits per heavy atom. The number of carbonyl (C=O) groups excluding carboxylic acids is 3. The summed E-state index contributed by atoms with van der Waals surface area (Å²) in [5.74, 6) is -1.30. The second-order valence-corrected chi connectivity index (χ2v) is 12.8. The van der Waals surface area contributed by atoms with Crippen LogP contribution in [0.1, 0.15) is 42.4 Å². The molecule has 0 unspecified atom stereocenters. The van der Waals surface area contributed by atoms with Gasteiger partial charge in [0.2, 0.25) is 27.7 Å². The zero-order valence-electron chi connectivity index (χ0n) is 23.6. The van der Waals surface area contributed by atoms with Gasteiger partial charge < -0.3 is 26.2 Å². The van der Waals surface area contributed by atoms with Gasteiger partial charge >= 0.3 is 0 Å². The molecule has 0 radical (unpaired) electrons. The van der Waals surface area contributed by atoms with E-state index in [2.05, 4.69) is 15.4 Å². The van der Waals surface area contributed by atoms with Crippen LogP contribution in [0.25, 0.3) is 0 Å². The summed E-state index contributed by atoms with van der Waals surface area (Å²) in [6.45, 7) is 3.28. The third-order valence-corrected chi connectivity index (χ3v) is 9.21. The number of nitrogens with zero attached hydrogens (tertiary/aromatic N) is 2. The number of carbonyl (C=O) groups is 3. The summed E-state index contributed by atoms with van der Waals surface area (Å²) in [6, 6.07) is 12.0. The van der Waals surface area contributed by atoms with E-state index >= 15 is 0 Å². The lowest BCUT2D eigenvalue weighted by atomic mass is 10.1. The summed E-state index contributed by atoms with van der Waals surface area (Å²) in [4.78, 5) is 43.1. The average molecular weight is 619 g/mol. The van der Waals surface area contributed by atoms with Crippen LogP contribution >= 0.6 is 11.6 Å². The first-order valence-corrected chi connectivity index (χ1v) is 16.3. The molecule has 2 saturated heterocycles. The number of nitrogens with two attached hydrogens (primary N) is 1. The van der Waals surface area contributed by atoms with Crippen molar-refractivity contribution < 1.29 is 22.8 Å². The molecule has 4 rings (SSSR count). The van der Waals surface area contributed by atoms with E-state index in [0.29, 0.717) is 56.2 Å². The molecule has 228 valence electrons. The molecule has 0 aliphatic carbocycles. The van der Waals surface area contributed by atoms with Crippen molar-refractivity contribution in [2.75, 3.05) is 32.7 Å². The number of hydrogen-bond acceptors (Lipinski definition) is 7. The molecule has 0 saturated carbocycles. The molecule has 2 aromatic rings. The minimum Gasteiger partial charge on any atom is -0.350 e. The molecule has 2 aromatic carbocycles. The normalized spacial score (nSPS) is 18.1. The number of halogens is 1. The molecule has 2 aliphatic heterocycles. The third-order valence-electron chi connectivity index (χ3n) is 7.62. The quantitative estimate of drug-likeness (QED) is 0.278. The van der Waals surface area contributed by atoms with Gasteiger partial charge in [-0.2, -0.15) is 0 Å². The molecule has 2 heterocycles. The van der Waals surface area contributed by atoms with Gasteiger partial charge in [0.05, 0.1) is 5.75 Å². The second-order valence-electron chi connectivity index (χ2n) is 10.6. The topological polar surface area (TPSA) is 154 Å². The lowest BCUT2D eigenvalue weighted by Gasteiger charge is -2.30. The maximum Gasteiger partial charge on any atom is 0.243 e. The van der Waals surface area contributed by atoms with Gasteiger partial charge in [-0.05, 0) is 48.1 Å². The van der Waals surface area contributed by atoms with E-state index in [-0.39, 0.29) is 43.5 Å². The summed E-state index contributed by atoms with van der Waals surface area (Å²) in [5, 5.41) is 6.60. The summed E-state index contributed by atoms with van der Waals surface area (Å²) in [6.07, 6.45) is 1.03. The van der Waals surface area contributed by atoms with Crippen LogP contribution in [0.3, 0.4) is 0 Å². The summed E-state index contributed by atoms with van der Waals surface area (Å²) < 4.78 is 28.9. The van der Waals surface area contributed by atoms with Crippen molar-refractivity contribution in [1.82, 2.24) is 25.2 Å². The molecule has 13 heteroatoms. The van der Waals surface area contributed by atoms with Crippen molar-refractivity contribution in [2.24, 2.45) is 5.73 Å². The Kier molecular flexibility index (Phi) is 11.3. The minimum atomic E-state index is -3.93. The molecule has 42 heavy (non-hydrogen) atoms. The van der Waals surface area contributed by atoms with Crippen molar-refractivity contribution in [2.45, 2.75) is 56.6 Å². The average Bonchev–Trinajstić information content (AvgIpc) is 3.48. The zero-order valence-corrected chi connectivity index (χ0v) is 25.1. The fourth-order valence-corrected chi connectivity index (χ4v) is 6.95. The van der Waals surface area contributed by atoms with E-state index in [4.69, 9.17) is 17.3 Å². The van der Waals surface area contributed by atoms with Gasteiger partial charge in [-0.15, -0.1) is 0 Å². The number of hydrogen-bond donors (Lipinski definition) is 4. The van der Waals surface area contributed by atoms with E-state index in [1.165, 1.54) is 4.90 Å². The number of likely N-dealkylation sites (tertiary alicyclic amines) is 1. The Morgan fingerprint density at radius 2 is 1.79 bits per heavy atom. The van der Waals surface area contributed by atoms with Crippen LogP contribution in [0, 0.1) is 0 Å². The second kappa shape index (κ2) is 14.9. The molecule has 0 bridgehead atoms. The fourth-order valence-electron chi connectivity index (χ4n) is 5.39. The van der Waals surface area contributed by atoms with Crippen LogP contribution in [0.15, 0.2) is 48.5 Å². The lowest BCUT2D eigenvalue weighted by molar-refractivity contribution is -0.140. The first-order valence-electron chi connectivity index (χ1n) is 14.2. The molecule has 2 fully saturated rings. The van der Waals surface area contributed by atoms with Crippen LogP contribution in [0.4, 0.5) is 0 Å². The molecule has 11 nitrogen and oxygen atoms in total. The Hall–Kier alpha value is -3.03. The molecule has 5 N–H and O–H groups in total. The fraction of sp³-hybridized carbons (Fsp3) is 0.483. The summed E-state index contributed by atoms with van der Waals surface area (Å²) in [7, 11) is -3.93. The number of amides is 3. The standard InChI is InChI=1S/C29H39ClN6O5S/c30-24-9-8-22(18-31)23(17-24)19-33-28(38)26-7-4-14-36(26)29(39)25(10-11-27(37)35-15-12-32-13-16-35)34-42(40,41)20-21-5-2-1-3-6-21/h1-3,5-6,8-9,17,25-26,32,34H,4,7,10-16,18-20,31H2,(H,33,38)/t25-,26+/m1/s1. The Balaban J connectivity index is 1.46. The Morgan fingerprint density at radius 1 is 1.05 bits per heavy atom. The lowest BCUT2D eigenvalue weighted by Crippen LogP contribution is -2.54. The van der Waals surface area contributed by atoms with Gasteiger partial charge in [-0.3, -0.25) is 14.4 Å². The van der Waals surface area contributed by atoms with Gasteiger partial charge in [0.1, 0.15) is 12.1 Å². The highest BCUT2D eigenvalue weighted by atomic mass is 35.5. The van der Waals surface area contributed by atoms with Crippen molar-refractivity contribution in [3.63, 3.8) is 0 Å².